The van der Waals surface area contributed by atoms with Crippen molar-refractivity contribution in [1.82, 2.24) is 20.3 Å². The quantitative estimate of drug-likeness (QED) is 0.874. The molecule has 0 saturated heterocycles. The number of carbonyl (C=O) groups is 1. The summed E-state index contributed by atoms with van der Waals surface area (Å²) in [7, 11) is 1.54. The number of hydrogen-bond donors (Lipinski definition) is 2. The largest absolute Gasteiger partial charge is 0.481 e. The summed E-state index contributed by atoms with van der Waals surface area (Å²) in [6, 6.07) is 3.20. The molecule has 1 atom stereocenters. The lowest BCUT2D eigenvalue weighted by molar-refractivity contribution is 0.0933. The molecule has 2 heterocycles. The Hall–Kier alpha value is -2.37. The van der Waals surface area contributed by atoms with E-state index in [0.29, 0.717) is 11.4 Å². The second kappa shape index (κ2) is 6.18. The minimum atomic E-state index is -0.180. The van der Waals surface area contributed by atoms with Crippen molar-refractivity contribution in [2.75, 3.05) is 7.11 Å². The molecule has 0 radical (unpaired) electrons. The summed E-state index contributed by atoms with van der Waals surface area (Å²) in [5.74, 6) is 1.07. The Kier molecular flexibility index (Phi) is 4.34. The number of imidazole rings is 1. The number of ether oxygens (including phenoxy) is 1. The number of rotatable bonds is 5. The van der Waals surface area contributed by atoms with Gasteiger partial charge in [-0.3, -0.25) is 4.79 Å². The molecule has 0 aliphatic rings. The molecule has 106 valence electrons. The van der Waals surface area contributed by atoms with Crippen LogP contribution in [0, 0.1) is 6.92 Å². The molecule has 1 amide bonds. The molecule has 0 bridgehead atoms. The van der Waals surface area contributed by atoms with Crippen LogP contribution in [0.4, 0.5) is 0 Å². The van der Waals surface area contributed by atoms with Crippen molar-refractivity contribution in [2.24, 2.45) is 0 Å². The number of aryl methyl sites for hydroxylation is 1. The van der Waals surface area contributed by atoms with Crippen molar-refractivity contribution in [3.05, 3.63) is 41.6 Å². The first kappa shape index (κ1) is 14.0. The third-order valence-corrected chi connectivity index (χ3v) is 2.97. The van der Waals surface area contributed by atoms with Crippen LogP contribution in [-0.2, 0) is 0 Å². The highest BCUT2D eigenvalue weighted by atomic mass is 16.5. The molecule has 2 aromatic heterocycles. The van der Waals surface area contributed by atoms with E-state index >= 15 is 0 Å². The van der Waals surface area contributed by atoms with Crippen LogP contribution in [-0.4, -0.2) is 28.0 Å². The highest BCUT2D eigenvalue weighted by Gasteiger charge is 2.16. The predicted octanol–water partition coefficient (Wildman–Crippen LogP) is 2.00. The molecule has 0 unspecified atom stereocenters. The van der Waals surface area contributed by atoms with E-state index < -0.39 is 0 Å². The number of methoxy groups -OCH3 is 1. The van der Waals surface area contributed by atoms with Crippen LogP contribution in [0.15, 0.2) is 24.5 Å². The summed E-state index contributed by atoms with van der Waals surface area (Å²) >= 11 is 0. The number of amides is 1. The lowest BCUT2D eigenvalue weighted by Gasteiger charge is -2.14. The number of pyridine rings is 1. The first-order chi connectivity index (χ1) is 9.63. The number of hydrogen-bond acceptors (Lipinski definition) is 4. The fourth-order valence-corrected chi connectivity index (χ4v) is 1.85. The van der Waals surface area contributed by atoms with E-state index in [4.69, 9.17) is 4.74 Å². The number of nitrogens with zero attached hydrogens (tertiary/aromatic N) is 2. The van der Waals surface area contributed by atoms with Gasteiger partial charge >= 0.3 is 0 Å². The summed E-state index contributed by atoms with van der Waals surface area (Å²) in [4.78, 5) is 23.6. The van der Waals surface area contributed by atoms with Gasteiger partial charge in [-0.15, -0.1) is 0 Å². The number of carbonyl (C=O) groups excluding carboxylic acids is 1. The Morgan fingerprint density at radius 3 is 2.70 bits per heavy atom. The van der Waals surface area contributed by atoms with Crippen LogP contribution in [0.1, 0.15) is 41.3 Å². The van der Waals surface area contributed by atoms with E-state index in [-0.39, 0.29) is 11.9 Å². The first-order valence-electron chi connectivity index (χ1n) is 6.46. The zero-order chi connectivity index (χ0) is 14.5. The van der Waals surface area contributed by atoms with Crippen molar-refractivity contribution in [3.63, 3.8) is 0 Å². The minimum absolute atomic E-state index is 0.140. The standard InChI is InChI=1S/C14H18N4O2/c1-4-11(13-16-7-9(2)17-13)18-14(19)10-5-6-12(20-3)15-8-10/h5-8,11H,4H2,1-3H3,(H,16,17)(H,18,19)/t11-/m0/s1. The fourth-order valence-electron chi connectivity index (χ4n) is 1.85. The van der Waals surface area contributed by atoms with Crippen molar-refractivity contribution in [3.8, 4) is 5.88 Å². The van der Waals surface area contributed by atoms with Gasteiger partial charge in [0.2, 0.25) is 5.88 Å². The average molecular weight is 274 g/mol. The van der Waals surface area contributed by atoms with E-state index in [1.807, 2.05) is 13.8 Å². The summed E-state index contributed by atoms with van der Waals surface area (Å²) in [5, 5.41) is 2.94. The van der Waals surface area contributed by atoms with Crippen LogP contribution in [0.25, 0.3) is 0 Å². The molecule has 0 aliphatic carbocycles. The predicted molar refractivity (Wildman–Crippen MR) is 74.6 cm³/mol. The Balaban J connectivity index is 2.08. The molecule has 2 aromatic rings. The second-order valence-corrected chi connectivity index (χ2v) is 4.47. The first-order valence-corrected chi connectivity index (χ1v) is 6.46. The van der Waals surface area contributed by atoms with Crippen LogP contribution in [0.5, 0.6) is 5.88 Å². The monoisotopic (exact) mass is 274 g/mol. The maximum atomic E-state index is 12.2. The van der Waals surface area contributed by atoms with E-state index in [2.05, 4.69) is 20.3 Å². The highest BCUT2D eigenvalue weighted by Crippen LogP contribution is 2.14. The number of H-pyrrole nitrogens is 1. The van der Waals surface area contributed by atoms with Crippen LogP contribution < -0.4 is 10.1 Å². The van der Waals surface area contributed by atoms with Crippen molar-refractivity contribution >= 4 is 5.91 Å². The van der Waals surface area contributed by atoms with E-state index in [1.54, 1.807) is 18.3 Å². The lowest BCUT2D eigenvalue weighted by Crippen LogP contribution is -2.29. The summed E-state index contributed by atoms with van der Waals surface area (Å²) in [6.07, 6.45) is 4.00. The molecule has 0 aliphatic heterocycles. The molecular weight excluding hydrogens is 256 g/mol. The average Bonchev–Trinajstić information content (AvgIpc) is 2.91. The zero-order valence-electron chi connectivity index (χ0n) is 11.8. The molecule has 0 aromatic carbocycles. The number of aromatic amines is 1. The second-order valence-electron chi connectivity index (χ2n) is 4.47. The van der Waals surface area contributed by atoms with Crippen LogP contribution in [0.2, 0.25) is 0 Å². The Morgan fingerprint density at radius 2 is 2.20 bits per heavy atom. The molecular formula is C14H18N4O2. The van der Waals surface area contributed by atoms with Gasteiger partial charge in [0.05, 0.1) is 18.7 Å². The third kappa shape index (κ3) is 3.14. The summed E-state index contributed by atoms with van der Waals surface area (Å²) in [5.41, 5.74) is 1.46. The van der Waals surface area contributed by atoms with Gasteiger partial charge in [-0.2, -0.15) is 0 Å². The highest BCUT2D eigenvalue weighted by molar-refractivity contribution is 5.94. The van der Waals surface area contributed by atoms with Crippen molar-refractivity contribution in [2.45, 2.75) is 26.3 Å². The van der Waals surface area contributed by atoms with Crippen LogP contribution >= 0.6 is 0 Å². The van der Waals surface area contributed by atoms with Gasteiger partial charge in [0, 0.05) is 24.2 Å². The van der Waals surface area contributed by atoms with Crippen molar-refractivity contribution in [1.29, 1.82) is 0 Å². The van der Waals surface area contributed by atoms with E-state index in [0.717, 1.165) is 17.9 Å². The van der Waals surface area contributed by atoms with Crippen LogP contribution in [0.3, 0.4) is 0 Å². The number of nitrogens with one attached hydrogen (secondary N) is 2. The van der Waals surface area contributed by atoms with Crippen molar-refractivity contribution < 1.29 is 9.53 Å². The molecule has 20 heavy (non-hydrogen) atoms. The van der Waals surface area contributed by atoms with Gasteiger partial charge < -0.3 is 15.0 Å². The SMILES string of the molecule is CC[C@H](NC(=O)c1ccc(OC)nc1)c1ncc(C)[nH]1. The molecule has 0 fully saturated rings. The Labute approximate surface area is 117 Å². The third-order valence-electron chi connectivity index (χ3n) is 2.97. The maximum Gasteiger partial charge on any atom is 0.253 e. The van der Waals surface area contributed by atoms with Gasteiger partial charge in [-0.1, -0.05) is 6.92 Å². The van der Waals surface area contributed by atoms with E-state index in [1.165, 1.54) is 13.3 Å². The number of aromatic nitrogens is 3. The Morgan fingerprint density at radius 1 is 1.40 bits per heavy atom. The Bertz CT molecular complexity index is 577. The topological polar surface area (TPSA) is 79.9 Å². The summed E-state index contributed by atoms with van der Waals surface area (Å²) in [6.45, 7) is 3.92. The van der Waals surface area contributed by atoms with Gasteiger partial charge in [0.1, 0.15) is 5.82 Å². The van der Waals surface area contributed by atoms with Gasteiger partial charge in [-0.05, 0) is 19.4 Å². The lowest BCUT2D eigenvalue weighted by atomic mass is 10.2. The maximum absolute atomic E-state index is 12.2. The molecule has 6 heteroatoms. The smallest absolute Gasteiger partial charge is 0.253 e. The van der Waals surface area contributed by atoms with Gasteiger partial charge in [0.15, 0.2) is 0 Å². The van der Waals surface area contributed by atoms with Gasteiger partial charge in [0.25, 0.3) is 5.91 Å². The molecule has 6 nitrogen and oxygen atoms in total. The molecule has 0 spiro atoms. The molecule has 0 saturated carbocycles. The molecule has 2 N–H and O–H groups in total. The zero-order valence-corrected chi connectivity index (χ0v) is 11.8. The fraction of sp³-hybridized carbons (Fsp3) is 0.357. The minimum Gasteiger partial charge on any atom is -0.481 e. The summed E-state index contributed by atoms with van der Waals surface area (Å²) < 4.78 is 4.97. The molecule has 2 rings (SSSR count). The normalized spacial score (nSPS) is 11.9. The van der Waals surface area contributed by atoms with Gasteiger partial charge in [-0.25, -0.2) is 9.97 Å². The van der Waals surface area contributed by atoms with E-state index in [9.17, 15) is 4.79 Å².